The second-order valence-corrected chi connectivity index (χ2v) is 4.62. The van der Waals surface area contributed by atoms with E-state index < -0.39 is 0 Å². The van der Waals surface area contributed by atoms with Gasteiger partial charge in [-0.15, -0.1) is 0 Å². The molecule has 1 atom stereocenters. The van der Waals surface area contributed by atoms with Crippen LogP contribution in [0.3, 0.4) is 0 Å². The topological polar surface area (TPSA) is 48.3 Å². The molecule has 5 heteroatoms. The van der Waals surface area contributed by atoms with Crippen molar-refractivity contribution in [3.05, 3.63) is 29.3 Å². The molecule has 0 saturated carbocycles. The fourth-order valence-corrected chi connectivity index (χ4v) is 2.08. The number of hydrogen-bond acceptors (Lipinski definition) is 4. The number of halogens is 1. The molecule has 1 saturated heterocycles. The molecule has 18 heavy (non-hydrogen) atoms. The lowest BCUT2D eigenvalue weighted by atomic mass is 10.2. The lowest BCUT2D eigenvalue weighted by molar-refractivity contribution is 0.161. The highest BCUT2D eigenvalue weighted by molar-refractivity contribution is 6.30. The van der Waals surface area contributed by atoms with Gasteiger partial charge in [0, 0.05) is 31.2 Å². The van der Waals surface area contributed by atoms with Crippen molar-refractivity contribution in [3.8, 4) is 11.8 Å². The van der Waals surface area contributed by atoms with E-state index in [1.165, 1.54) is 0 Å². The van der Waals surface area contributed by atoms with Crippen molar-refractivity contribution in [2.45, 2.75) is 6.04 Å². The predicted molar refractivity (Wildman–Crippen MR) is 70.8 cm³/mol. The molecule has 1 heterocycles. The number of nitriles is 1. The first-order chi connectivity index (χ1) is 8.79. The fourth-order valence-electron chi connectivity index (χ4n) is 1.95. The number of piperazine rings is 1. The Kier molecular flexibility index (Phi) is 4.82. The quantitative estimate of drug-likeness (QED) is 0.897. The summed E-state index contributed by atoms with van der Waals surface area (Å²) in [5.74, 6) is 0.808. The van der Waals surface area contributed by atoms with Gasteiger partial charge in [0.15, 0.2) is 0 Å². The summed E-state index contributed by atoms with van der Waals surface area (Å²) in [6, 6.07) is 9.56. The average molecular weight is 266 g/mol. The van der Waals surface area contributed by atoms with Crippen molar-refractivity contribution in [1.82, 2.24) is 10.2 Å². The van der Waals surface area contributed by atoms with Crippen LogP contribution >= 0.6 is 11.6 Å². The fraction of sp³-hybridized carbons (Fsp3) is 0.462. The van der Waals surface area contributed by atoms with Gasteiger partial charge in [0.1, 0.15) is 18.4 Å². The first-order valence-corrected chi connectivity index (χ1v) is 6.40. The summed E-state index contributed by atoms with van der Waals surface area (Å²) in [6.45, 7) is 3.90. The highest BCUT2D eigenvalue weighted by Gasteiger charge is 2.20. The maximum Gasteiger partial charge on any atom is 0.119 e. The third-order valence-electron chi connectivity index (χ3n) is 2.96. The Morgan fingerprint density at radius 3 is 2.94 bits per heavy atom. The Morgan fingerprint density at radius 1 is 1.44 bits per heavy atom. The Bertz CT molecular complexity index is 415. The Labute approximate surface area is 112 Å². The van der Waals surface area contributed by atoms with Crippen LogP contribution in [0, 0.1) is 11.3 Å². The van der Waals surface area contributed by atoms with Crippen LogP contribution in [0.15, 0.2) is 24.3 Å². The Balaban J connectivity index is 1.77. The van der Waals surface area contributed by atoms with Crippen LogP contribution < -0.4 is 10.1 Å². The van der Waals surface area contributed by atoms with E-state index in [0.29, 0.717) is 11.6 Å². The van der Waals surface area contributed by atoms with Gasteiger partial charge >= 0.3 is 0 Å². The SMILES string of the molecule is N#CC1CNCCN1CCOc1ccc(Cl)cc1. The summed E-state index contributed by atoms with van der Waals surface area (Å²) in [6.07, 6.45) is 0. The highest BCUT2D eigenvalue weighted by atomic mass is 35.5. The molecule has 1 aromatic rings. The lowest BCUT2D eigenvalue weighted by Gasteiger charge is -2.31. The Morgan fingerprint density at radius 2 is 2.22 bits per heavy atom. The first kappa shape index (κ1) is 13.2. The first-order valence-electron chi connectivity index (χ1n) is 6.02. The van der Waals surface area contributed by atoms with E-state index in [2.05, 4.69) is 16.3 Å². The smallest absolute Gasteiger partial charge is 0.119 e. The van der Waals surface area contributed by atoms with E-state index in [1.807, 2.05) is 12.1 Å². The monoisotopic (exact) mass is 265 g/mol. The van der Waals surface area contributed by atoms with E-state index >= 15 is 0 Å². The molecule has 96 valence electrons. The molecule has 1 aromatic carbocycles. The number of hydrogen-bond donors (Lipinski definition) is 1. The zero-order valence-electron chi connectivity index (χ0n) is 10.1. The number of nitrogens with zero attached hydrogens (tertiary/aromatic N) is 2. The number of nitrogens with one attached hydrogen (secondary N) is 1. The molecule has 1 aliphatic heterocycles. The molecule has 0 amide bonds. The van der Waals surface area contributed by atoms with Gasteiger partial charge < -0.3 is 10.1 Å². The maximum atomic E-state index is 9.02. The number of ether oxygens (including phenoxy) is 1. The minimum absolute atomic E-state index is 0.0485. The normalized spacial score (nSPS) is 20.3. The molecule has 1 fully saturated rings. The van der Waals surface area contributed by atoms with Gasteiger partial charge in [0.05, 0.1) is 6.07 Å². The van der Waals surface area contributed by atoms with Crippen molar-refractivity contribution in [2.75, 3.05) is 32.8 Å². The van der Waals surface area contributed by atoms with Crippen molar-refractivity contribution in [3.63, 3.8) is 0 Å². The molecule has 1 aliphatic rings. The predicted octanol–water partition coefficient (Wildman–Crippen LogP) is 1.52. The summed E-state index contributed by atoms with van der Waals surface area (Å²) in [5.41, 5.74) is 0. The second kappa shape index (κ2) is 6.60. The Hall–Kier alpha value is -1.28. The van der Waals surface area contributed by atoms with Crippen molar-refractivity contribution >= 4 is 11.6 Å². The molecular formula is C13H16ClN3O. The van der Waals surface area contributed by atoms with Crippen LogP contribution in [-0.4, -0.2) is 43.7 Å². The lowest BCUT2D eigenvalue weighted by Crippen LogP contribution is -2.51. The van der Waals surface area contributed by atoms with Crippen LogP contribution in [0.2, 0.25) is 5.02 Å². The van der Waals surface area contributed by atoms with Crippen molar-refractivity contribution in [2.24, 2.45) is 0 Å². The summed E-state index contributed by atoms with van der Waals surface area (Å²) in [4.78, 5) is 2.15. The van der Waals surface area contributed by atoms with E-state index in [1.54, 1.807) is 12.1 Å². The second-order valence-electron chi connectivity index (χ2n) is 4.19. The molecule has 1 unspecified atom stereocenters. The third kappa shape index (κ3) is 3.61. The van der Waals surface area contributed by atoms with Gasteiger partial charge in [0.2, 0.25) is 0 Å². The van der Waals surface area contributed by atoms with Crippen LogP contribution in [0.5, 0.6) is 5.75 Å². The van der Waals surface area contributed by atoms with Crippen molar-refractivity contribution in [1.29, 1.82) is 5.26 Å². The standard InChI is InChI=1S/C13H16ClN3O/c14-11-1-3-13(4-2-11)18-8-7-17-6-5-16-10-12(17)9-15/h1-4,12,16H,5-8,10H2. The summed E-state index contributed by atoms with van der Waals surface area (Å²) >= 11 is 5.80. The molecule has 2 rings (SSSR count). The van der Waals surface area contributed by atoms with Crippen LogP contribution in [0.1, 0.15) is 0 Å². The van der Waals surface area contributed by atoms with Gasteiger partial charge in [-0.05, 0) is 24.3 Å². The van der Waals surface area contributed by atoms with Gasteiger partial charge in [-0.25, -0.2) is 0 Å². The molecule has 0 radical (unpaired) electrons. The zero-order valence-corrected chi connectivity index (χ0v) is 10.9. The van der Waals surface area contributed by atoms with Gasteiger partial charge in [0.25, 0.3) is 0 Å². The largest absolute Gasteiger partial charge is 0.492 e. The number of rotatable bonds is 4. The van der Waals surface area contributed by atoms with Crippen LogP contribution in [0.4, 0.5) is 0 Å². The molecule has 4 nitrogen and oxygen atoms in total. The minimum atomic E-state index is -0.0485. The summed E-state index contributed by atoms with van der Waals surface area (Å²) < 4.78 is 5.63. The summed E-state index contributed by atoms with van der Waals surface area (Å²) in [5, 5.41) is 12.9. The van der Waals surface area contributed by atoms with E-state index in [9.17, 15) is 0 Å². The molecular weight excluding hydrogens is 250 g/mol. The molecule has 0 aromatic heterocycles. The zero-order chi connectivity index (χ0) is 12.8. The van der Waals surface area contributed by atoms with E-state index in [4.69, 9.17) is 21.6 Å². The van der Waals surface area contributed by atoms with Gasteiger partial charge in [-0.2, -0.15) is 5.26 Å². The molecule has 0 aliphatic carbocycles. The van der Waals surface area contributed by atoms with Crippen molar-refractivity contribution < 1.29 is 4.74 Å². The van der Waals surface area contributed by atoms with E-state index in [-0.39, 0.29) is 6.04 Å². The van der Waals surface area contributed by atoms with Gasteiger partial charge in [-0.1, -0.05) is 11.6 Å². The average Bonchev–Trinajstić information content (AvgIpc) is 2.41. The third-order valence-corrected chi connectivity index (χ3v) is 3.22. The molecule has 0 bridgehead atoms. The molecule has 0 spiro atoms. The van der Waals surface area contributed by atoms with Crippen LogP contribution in [0.25, 0.3) is 0 Å². The van der Waals surface area contributed by atoms with Crippen LogP contribution in [-0.2, 0) is 0 Å². The molecule has 1 N–H and O–H groups in total. The maximum absolute atomic E-state index is 9.02. The van der Waals surface area contributed by atoms with Gasteiger partial charge in [-0.3, -0.25) is 4.90 Å². The minimum Gasteiger partial charge on any atom is -0.492 e. The number of benzene rings is 1. The van der Waals surface area contributed by atoms with E-state index in [0.717, 1.165) is 31.9 Å². The summed E-state index contributed by atoms with van der Waals surface area (Å²) in [7, 11) is 0. The highest BCUT2D eigenvalue weighted by Crippen LogP contribution is 2.15.